The van der Waals surface area contributed by atoms with E-state index in [0.717, 1.165) is 29.9 Å². The molecule has 0 bridgehead atoms. The van der Waals surface area contributed by atoms with Crippen molar-refractivity contribution in [3.63, 3.8) is 0 Å². The van der Waals surface area contributed by atoms with Gasteiger partial charge < -0.3 is 9.47 Å². The minimum absolute atomic E-state index is 0.275. The number of pyridine rings is 1. The first-order chi connectivity index (χ1) is 14.7. The maximum Gasteiger partial charge on any atom is 0.162 e. The summed E-state index contributed by atoms with van der Waals surface area (Å²) in [5.41, 5.74) is 4.78. The molecule has 0 saturated heterocycles. The average molecular weight is 400 g/mol. The van der Waals surface area contributed by atoms with Crippen LogP contribution < -0.4 is 9.47 Å². The number of benzene rings is 2. The topological polar surface area (TPSA) is 31.4 Å². The van der Waals surface area contributed by atoms with Crippen LogP contribution in [-0.2, 0) is 0 Å². The largest absolute Gasteiger partial charge is 0.493 e. The third kappa shape index (κ3) is 4.73. The van der Waals surface area contributed by atoms with Gasteiger partial charge in [-0.15, -0.1) is 0 Å². The monoisotopic (exact) mass is 399 g/mol. The Morgan fingerprint density at radius 2 is 1.77 bits per heavy atom. The van der Waals surface area contributed by atoms with Gasteiger partial charge in [-0.05, 0) is 66.1 Å². The summed E-state index contributed by atoms with van der Waals surface area (Å²) in [5.74, 6) is 1.90. The molecule has 2 aromatic carbocycles. The van der Waals surface area contributed by atoms with Crippen molar-refractivity contribution in [2.45, 2.75) is 44.6 Å². The lowest BCUT2D eigenvalue weighted by Crippen LogP contribution is -2.11. The van der Waals surface area contributed by atoms with Crippen LogP contribution in [0, 0.1) is 0 Å². The predicted molar refractivity (Wildman–Crippen MR) is 123 cm³/mol. The Labute approximate surface area is 179 Å². The van der Waals surface area contributed by atoms with Crippen LogP contribution in [0.1, 0.15) is 60.8 Å². The zero-order chi connectivity index (χ0) is 20.8. The van der Waals surface area contributed by atoms with E-state index in [1.165, 1.54) is 29.5 Å². The lowest BCUT2D eigenvalue weighted by atomic mass is 9.91. The highest BCUT2D eigenvalue weighted by Crippen LogP contribution is 2.33. The molecule has 0 N–H and O–H groups in total. The van der Waals surface area contributed by atoms with Crippen LogP contribution in [0.4, 0.5) is 0 Å². The molecule has 3 heteroatoms. The molecule has 1 aliphatic rings. The molecular formula is C27H29NO2. The van der Waals surface area contributed by atoms with Gasteiger partial charge >= 0.3 is 0 Å². The molecule has 1 saturated carbocycles. The second-order valence-corrected chi connectivity index (χ2v) is 7.90. The number of ether oxygens (including phenoxy) is 2. The van der Waals surface area contributed by atoms with Crippen molar-refractivity contribution in [3.8, 4) is 11.5 Å². The Morgan fingerprint density at radius 1 is 0.967 bits per heavy atom. The molecule has 4 rings (SSSR count). The Morgan fingerprint density at radius 3 is 2.53 bits per heavy atom. The van der Waals surface area contributed by atoms with E-state index in [4.69, 9.17) is 9.47 Å². The normalized spacial score (nSPS) is 15.4. The van der Waals surface area contributed by atoms with E-state index in [-0.39, 0.29) is 5.92 Å². The smallest absolute Gasteiger partial charge is 0.162 e. The van der Waals surface area contributed by atoms with Gasteiger partial charge in [0.05, 0.1) is 13.2 Å². The van der Waals surface area contributed by atoms with Crippen LogP contribution in [0.25, 0.3) is 12.2 Å². The van der Waals surface area contributed by atoms with Crippen molar-refractivity contribution in [2.75, 3.05) is 7.11 Å². The van der Waals surface area contributed by atoms with Gasteiger partial charge in [0.25, 0.3) is 0 Å². The van der Waals surface area contributed by atoms with Gasteiger partial charge in [0.1, 0.15) is 0 Å². The van der Waals surface area contributed by atoms with Gasteiger partial charge in [-0.1, -0.05) is 55.5 Å². The summed E-state index contributed by atoms with van der Waals surface area (Å²) in [6, 6.07) is 18.8. The first kappa shape index (κ1) is 20.2. The number of hydrogen-bond acceptors (Lipinski definition) is 3. The summed E-state index contributed by atoms with van der Waals surface area (Å²) in [6.45, 7) is 2.23. The van der Waals surface area contributed by atoms with E-state index in [2.05, 4.69) is 72.6 Å². The summed E-state index contributed by atoms with van der Waals surface area (Å²) in [7, 11) is 1.70. The quantitative estimate of drug-likeness (QED) is 0.441. The van der Waals surface area contributed by atoms with Gasteiger partial charge in [-0.2, -0.15) is 0 Å². The van der Waals surface area contributed by atoms with Crippen LogP contribution in [-0.4, -0.2) is 18.2 Å². The molecule has 0 amide bonds. The van der Waals surface area contributed by atoms with Crippen LogP contribution in [0.5, 0.6) is 11.5 Å². The number of hydrogen-bond donors (Lipinski definition) is 0. The first-order valence-electron chi connectivity index (χ1n) is 10.8. The number of methoxy groups -OCH3 is 1. The lowest BCUT2D eigenvalue weighted by Gasteiger charge is -2.16. The minimum atomic E-state index is 0.275. The lowest BCUT2D eigenvalue weighted by molar-refractivity contribution is 0.201. The molecule has 154 valence electrons. The van der Waals surface area contributed by atoms with Gasteiger partial charge in [0.15, 0.2) is 11.5 Å². The molecule has 1 heterocycles. The number of rotatable bonds is 7. The number of nitrogens with zero attached hydrogens (tertiary/aromatic N) is 1. The Balaban J connectivity index is 1.58. The second kappa shape index (κ2) is 9.62. The fourth-order valence-corrected chi connectivity index (χ4v) is 4.11. The average Bonchev–Trinajstić information content (AvgIpc) is 3.31. The molecule has 1 fully saturated rings. The molecule has 1 aliphatic carbocycles. The van der Waals surface area contributed by atoms with Gasteiger partial charge in [0, 0.05) is 18.3 Å². The van der Waals surface area contributed by atoms with Crippen LogP contribution >= 0.6 is 0 Å². The summed E-state index contributed by atoms with van der Waals surface area (Å²) in [4.78, 5) is 4.37. The highest BCUT2D eigenvalue weighted by atomic mass is 16.5. The Hall–Kier alpha value is -3.07. The summed E-state index contributed by atoms with van der Waals surface area (Å²) >= 11 is 0. The predicted octanol–water partition coefficient (Wildman–Crippen LogP) is 6.73. The summed E-state index contributed by atoms with van der Waals surface area (Å²) in [5, 5.41) is 0. The fourth-order valence-electron chi connectivity index (χ4n) is 4.11. The Kier molecular flexibility index (Phi) is 6.48. The van der Waals surface area contributed by atoms with Crippen molar-refractivity contribution in [3.05, 3.63) is 89.2 Å². The molecule has 0 aliphatic heterocycles. The van der Waals surface area contributed by atoms with E-state index in [0.29, 0.717) is 6.10 Å². The van der Waals surface area contributed by atoms with Crippen molar-refractivity contribution in [2.24, 2.45) is 0 Å². The molecular weight excluding hydrogens is 370 g/mol. The van der Waals surface area contributed by atoms with Crippen molar-refractivity contribution < 1.29 is 9.47 Å². The molecule has 3 aromatic rings. The van der Waals surface area contributed by atoms with E-state index < -0.39 is 0 Å². The highest BCUT2D eigenvalue weighted by molar-refractivity contribution is 5.72. The summed E-state index contributed by atoms with van der Waals surface area (Å²) < 4.78 is 11.8. The van der Waals surface area contributed by atoms with E-state index in [1.54, 1.807) is 7.11 Å². The zero-order valence-electron chi connectivity index (χ0n) is 17.8. The van der Waals surface area contributed by atoms with Gasteiger partial charge in [-0.3, -0.25) is 4.98 Å². The van der Waals surface area contributed by atoms with Crippen LogP contribution in [0.2, 0.25) is 0 Å². The number of aromatic nitrogens is 1. The molecule has 0 radical (unpaired) electrons. The molecule has 3 nitrogen and oxygen atoms in total. The third-order valence-corrected chi connectivity index (χ3v) is 5.89. The van der Waals surface area contributed by atoms with Crippen molar-refractivity contribution in [1.82, 2.24) is 4.98 Å². The maximum absolute atomic E-state index is 6.24. The molecule has 1 atom stereocenters. The van der Waals surface area contributed by atoms with E-state index in [1.807, 2.05) is 18.5 Å². The van der Waals surface area contributed by atoms with Crippen LogP contribution in [0.15, 0.2) is 67.0 Å². The fraction of sp³-hybridized carbons (Fsp3) is 0.296. The third-order valence-electron chi connectivity index (χ3n) is 5.89. The van der Waals surface area contributed by atoms with Crippen molar-refractivity contribution >= 4 is 12.2 Å². The minimum Gasteiger partial charge on any atom is -0.493 e. The van der Waals surface area contributed by atoms with E-state index >= 15 is 0 Å². The van der Waals surface area contributed by atoms with Crippen molar-refractivity contribution in [1.29, 1.82) is 0 Å². The molecule has 0 spiro atoms. The molecule has 1 unspecified atom stereocenters. The molecule has 1 aromatic heterocycles. The SMILES string of the molecule is COc1ccc(C=Cc2ccncc2C(C)c2ccccc2)cc1OC1CCCC1. The van der Waals surface area contributed by atoms with Gasteiger partial charge in [-0.25, -0.2) is 0 Å². The summed E-state index contributed by atoms with van der Waals surface area (Å²) in [6.07, 6.45) is 13.2. The molecule has 30 heavy (non-hydrogen) atoms. The second-order valence-electron chi connectivity index (χ2n) is 7.90. The first-order valence-corrected chi connectivity index (χ1v) is 10.8. The maximum atomic E-state index is 6.24. The van der Waals surface area contributed by atoms with Crippen LogP contribution in [0.3, 0.4) is 0 Å². The van der Waals surface area contributed by atoms with E-state index in [9.17, 15) is 0 Å². The Bertz CT molecular complexity index is 991. The highest BCUT2D eigenvalue weighted by Gasteiger charge is 2.18. The van der Waals surface area contributed by atoms with Gasteiger partial charge in [0.2, 0.25) is 0 Å². The zero-order valence-corrected chi connectivity index (χ0v) is 17.8. The standard InChI is InChI=1S/C27H29NO2/c1-20(22-8-4-3-5-9-22)25-19-28-17-16-23(25)14-12-21-13-15-26(29-2)27(18-21)30-24-10-6-7-11-24/h3-5,8-9,12-20,24H,6-7,10-11H2,1-2H3.